The van der Waals surface area contributed by atoms with E-state index in [2.05, 4.69) is 15.2 Å². The van der Waals surface area contributed by atoms with Crippen molar-refractivity contribution in [2.45, 2.75) is 10.9 Å². The minimum atomic E-state index is 0.0894. The largest absolute Gasteiger partial charge is 0.384 e. The molecule has 0 radical (unpaired) electrons. The normalized spacial score (nSPS) is 10.2. The average molecular weight is 233 g/mol. The lowest BCUT2D eigenvalue weighted by Crippen LogP contribution is -2.10. The van der Waals surface area contributed by atoms with Gasteiger partial charge in [-0.2, -0.15) is 5.10 Å². The first-order valence-electron chi connectivity index (χ1n) is 4.67. The third kappa shape index (κ3) is 2.60. The van der Waals surface area contributed by atoms with Crippen molar-refractivity contribution in [2.24, 2.45) is 5.73 Å². The highest BCUT2D eigenvalue weighted by atomic mass is 32.2. The van der Waals surface area contributed by atoms with Gasteiger partial charge in [-0.3, -0.25) is 10.5 Å². The summed E-state index contributed by atoms with van der Waals surface area (Å²) in [5.41, 5.74) is 7.27. The second-order valence-corrected chi connectivity index (χ2v) is 4.16. The number of benzene rings is 1. The summed E-state index contributed by atoms with van der Waals surface area (Å²) >= 11 is 1.56. The maximum atomic E-state index is 7.35. The Morgan fingerprint density at radius 3 is 3.06 bits per heavy atom. The summed E-state index contributed by atoms with van der Waals surface area (Å²) in [6.07, 6.45) is 1.48. The van der Waals surface area contributed by atoms with Crippen LogP contribution < -0.4 is 5.73 Å². The predicted molar refractivity (Wildman–Crippen MR) is 63.4 cm³/mol. The summed E-state index contributed by atoms with van der Waals surface area (Å²) in [6, 6.07) is 7.62. The van der Waals surface area contributed by atoms with Crippen LogP contribution in [-0.4, -0.2) is 21.0 Å². The van der Waals surface area contributed by atoms with Gasteiger partial charge in [0.25, 0.3) is 0 Å². The van der Waals surface area contributed by atoms with E-state index < -0.39 is 0 Å². The molecule has 0 atom stereocenters. The molecule has 2 rings (SSSR count). The van der Waals surface area contributed by atoms with Gasteiger partial charge in [0.1, 0.15) is 12.2 Å². The Balaban J connectivity index is 2.04. The SMILES string of the molecule is N=C(N)c1cccc(CSc2ncn[nH]2)c1. The van der Waals surface area contributed by atoms with Crippen LogP contribution in [0.4, 0.5) is 0 Å². The van der Waals surface area contributed by atoms with E-state index in [0.717, 1.165) is 22.0 Å². The molecular formula is C10H11N5S. The third-order valence-electron chi connectivity index (χ3n) is 2.01. The van der Waals surface area contributed by atoms with Crippen molar-refractivity contribution in [3.05, 3.63) is 41.7 Å². The molecular weight excluding hydrogens is 222 g/mol. The molecule has 5 nitrogen and oxygen atoms in total. The fourth-order valence-corrected chi connectivity index (χ4v) is 1.97. The van der Waals surface area contributed by atoms with E-state index in [-0.39, 0.29) is 5.84 Å². The molecule has 1 heterocycles. The Labute approximate surface area is 97.0 Å². The zero-order valence-electron chi connectivity index (χ0n) is 8.47. The van der Waals surface area contributed by atoms with E-state index in [0.29, 0.717) is 0 Å². The molecule has 0 bridgehead atoms. The first-order valence-corrected chi connectivity index (χ1v) is 5.66. The molecule has 1 aromatic carbocycles. The molecule has 82 valence electrons. The van der Waals surface area contributed by atoms with E-state index in [9.17, 15) is 0 Å². The minimum Gasteiger partial charge on any atom is -0.384 e. The summed E-state index contributed by atoms with van der Waals surface area (Å²) in [4.78, 5) is 4.02. The van der Waals surface area contributed by atoms with Gasteiger partial charge < -0.3 is 5.73 Å². The van der Waals surface area contributed by atoms with Crippen LogP contribution in [0.15, 0.2) is 35.7 Å². The molecule has 0 saturated carbocycles. The first-order chi connectivity index (χ1) is 7.75. The van der Waals surface area contributed by atoms with Crippen LogP contribution in [0.5, 0.6) is 0 Å². The van der Waals surface area contributed by atoms with E-state index in [1.165, 1.54) is 6.33 Å². The Morgan fingerprint density at radius 1 is 1.50 bits per heavy atom. The molecule has 0 aliphatic rings. The standard InChI is InChI=1S/C10H11N5S/c11-9(12)8-3-1-2-7(4-8)5-16-10-13-6-14-15-10/h1-4,6H,5H2,(H3,11,12)(H,13,14,15). The van der Waals surface area contributed by atoms with Gasteiger partial charge in [-0.1, -0.05) is 30.0 Å². The van der Waals surface area contributed by atoms with Gasteiger partial charge in [0.15, 0.2) is 5.16 Å². The van der Waals surface area contributed by atoms with Gasteiger partial charge in [-0.05, 0) is 11.6 Å². The zero-order chi connectivity index (χ0) is 11.4. The van der Waals surface area contributed by atoms with Crippen molar-refractivity contribution in [1.82, 2.24) is 15.2 Å². The van der Waals surface area contributed by atoms with Gasteiger partial charge in [0.2, 0.25) is 0 Å². The molecule has 4 N–H and O–H groups in total. The van der Waals surface area contributed by atoms with E-state index >= 15 is 0 Å². The number of nitrogen functional groups attached to an aromatic ring is 1. The van der Waals surface area contributed by atoms with E-state index in [4.69, 9.17) is 11.1 Å². The van der Waals surface area contributed by atoms with Crippen LogP contribution in [0.2, 0.25) is 0 Å². The molecule has 0 aliphatic carbocycles. The number of amidine groups is 1. The molecule has 16 heavy (non-hydrogen) atoms. The fourth-order valence-electron chi connectivity index (χ4n) is 1.24. The highest BCUT2D eigenvalue weighted by molar-refractivity contribution is 7.98. The van der Waals surface area contributed by atoms with Gasteiger partial charge in [0, 0.05) is 11.3 Å². The highest BCUT2D eigenvalue weighted by Crippen LogP contribution is 2.18. The Kier molecular flexibility index (Phi) is 3.21. The topological polar surface area (TPSA) is 91.4 Å². The van der Waals surface area contributed by atoms with Crippen LogP contribution in [0.3, 0.4) is 0 Å². The van der Waals surface area contributed by atoms with Crippen molar-refractivity contribution >= 4 is 17.6 Å². The molecule has 0 amide bonds. The molecule has 6 heteroatoms. The quantitative estimate of drug-likeness (QED) is 0.422. The number of thioether (sulfide) groups is 1. The predicted octanol–water partition coefficient (Wildman–Crippen LogP) is 1.38. The molecule has 0 aliphatic heterocycles. The molecule has 0 spiro atoms. The summed E-state index contributed by atoms with van der Waals surface area (Å²) in [5, 5.41) is 14.7. The number of nitrogens with two attached hydrogens (primary N) is 1. The molecule has 0 unspecified atom stereocenters. The van der Waals surface area contributed by atoms with Crippen LogP contribution in [-0.2, 0) is 5.75 Å². The Hall–Kier alpha value is -1.82. The zero-order valence-corrected chi connectivity index (χ0v) is 9.29. The summed E-state index contributed by atoms with van der Waals surface area (Å²) in [7, 11) is 0. The van der Waals surface area contributed by atoms with Gasteiger partial charge in [-0.15, -0.1) is 0 Å². The lowest BCUT2D eigenvalue weighted by atomic mass is 10.1. The van der Waals surface area contributed by atoms with Crippen molar-refractivity contribution < 1.29 is 0 Å². The maximum absolute atomic E-state index is 7.35. The van der Waals surface area contributed by atoms with Gasteiger partial charge in [-0.25, -0.2) is 4.98 Å². The summed E-state index contributed by atoms with van der Waals surface area (Å²) in [6.45, 7) is 0. The van der Waals surface area contributed by atoms with Crippen molar-refractivity contribution in [1.29, 1.82) is 5.41 Å². The molecule has 1 aromatic heterocycles. The maximum Gasteiger partial charge on any atom is 0.183 e. The van der Waals surface area contributed by atoms with Crippen LogP contribution in [0.1, 0.15) is 11.1 Å². The number of aromatic amines is 1. The summed E-state index contributed by atoms with van der Waals surface area (Å²) in [5.74, 6) is 0.863. The lowest BCUT2D eigenvalue weighted by Gasteiger charge is -2.02. The second kappa shape index (κ2) is 4.80. The number of nitrogens with zero attached hydrogens (tertiary/aromatic N) is 2. The monoisotopic (exact) mass is 233 g/mol. The van der Waals surface area contributed by atoms with Crippen LogP contribution >= 0.6 is 11.8 Å². The third-order valence-corrected chi connectivity index (χ3v) is 2.95. The Bertz CT molecular complexity index is 480. The van der Waals surface area contributed by atoms with E-state index in [1.54, 1.807) is 11.8 Å². The molecule has 0 fully saturated rings. The number of hydrogen-bond donors (Lipinski definition) is 3. The summed E-state index contributed by atoms with van der Waals surface area (Å²) < 4.78 is 0. The van der Waals surface area contributed by atoms with Crippen LogP contribution in [0.25, 0.3) is 0 Å². The van der Waals surface area contributed by atoms with Crippen molar-refractivity contribution in [3.8, 4) is 0 Å². The minimum absolute atomic E-state index is 0.0894. The number of aromatic nitrogens is 3. The van der Waals surface area contributed by atoms with Crippen molar-refractivity contribution in [2.75, 3.05) is 0 Å². The number of H-pyrrole nitrogens is 1. The lowest BCUT2D eigenvalue weighted by molar-refractivity contribution is 0.973. The molecule has 0 saturated heterocycles. The fraction of sp³-hybridized carbons (Fsp3) is 0.100. The Morgan fingerprint density at radius 2 is 2.38 bits per heavy atom. The average Bonchev–Trinajstić information content (AvgIpc) is 2.79. The smallest absolute Gasteiger partial charge is 0.183 e. The first kappa shape index (κ1) is 10.7. The van der Waals surface area contributed by atoms with Crippen molar-refractivity contribution in [3.63, 3.8) is 0 Å². The van der Waals surface area contributed by atoms with E-state index in [1.807, 2.05) is 24.3 Å². The highest BCUT2D eigenvalue weighted by Gasteiger charge is 2.01. The second-order valence-electron chi connectivity index (χ2n) is 3.19. The van der Waals surface area contributed by atoms with Gasteiger partial charge >= 0.3 is 0 Å². The van der Waals surface area contributed by atoms with Crippen LogP contribution in [0, 0.1) is 5.41 Å². The number of rotatable bonds is 4. The molecule has 2 aromatic rings. The number of nitrogens with one attached hydrogen (secondary N) is 2. The number of hydrogen-bond acceptors (Lipinski definition) is 4. The van der Waals surface area contributed by atoms with Gasteiger partial charge in [0.05, 0.1) is 0 Å².